The molecule has 0 bridgehead atoms. The molecule has 2 aromatic rings. The lowest BCUT2D eigenvalue weighted by molar-refractivity contribution is 0.297. The van der Waals surface area contributed by atoms with Crippen molar-refractivity contribution in [3.63, 3.8) is 0 Å². The molecule has 2 aromatic carbocycles. The molecule has 0 spiro atoms. The molecule has 3 nitrogen and oxygen atoms in total. The number of nitrogens with two attached hydrogens (primary N) is 1. The smallest absolute Gasteiger partial charge is 0.161 e. The molecule has 0 amide bonds. The Kier molecular flexibility index (Phi) is 3.56. The normalized spacial score (nSPS) is 15.5. The fourth-order valence-electron chi connectivity index (χ4n) is 2.27. The molecule has 0 aromatic heterocycles. The molecule has 1 heterocycles. The van der Waals surface area contributed by atoms with E-state index in [1.165, 1.54) is 12.1 Å². The van der Waals surface area contributed by atoms with E-state index in [-0.39, 0.29) is 11.9 Å². The molecule has 2 N–H and O–H groups in total. The topological polar surface area (TPSA) is 44.5 Å². The highest BCUT2D eigenvalue weighted by Gasteiger charge is 2.15. The molecule has 0 saturated carbocycles. The van der Waals surface area contributed by atoms with E-state index < -0.39 is 0 Å². The molecule has 3 rings (SSSR count). The van der Waals surface area contributed by atoms with Crippen molar-refractivity contribution >= 4 is 0 Å². The van der Waals surface area contributed by atoms with Crippen molar-refractivity contribution in [1.29, 1.82) is 0 Å². The number of rotatable bonds is 2. The number of halogens is 1. The number of ether oxygens (including phenoxy) is 2. The van der Waals surface area contributed by atoms with Crippen molar-refractivity contribution in [3.8, 4) is 11.5 Å². The molecular formula is C16H16FNO2. The van der Waals surface area contributed by atoms with Gasteiger partial charge in [0.15, 0.2) is 11.5 Å². The van der Waals surface area contributed by atoms with Crippen molar-refractivity contribution in [2.45, 2.75) is 12.5 Å². The van der Waals surface area contributed by atoms with Gasteiger partial charge in [0.25, 0.3) is 0 Å². The molecule has 0 fully saturated rings. The maximum Gasteiger partial charge on any atom is 0.161 e. The fourth-order valence-corrected chi connectivity index (χ4v) is 2.27. The van der Waals surface area contributed by atoms with E-state index in [0.717, 1.165) is 23.3 Å². The molecule has 4 heteroatoms. The van der Waals surface area contributed by atoms with Gasteiger partial charge in [0.05, 0.1) is 19.3 Å². The van der Waals surface area contributed by atoms with Crippen LogP contribution in [0.3, 0.4) is 0 Å². The summed E-state index contributed by atoms with van der Waals surface area (Å²) in [6.07, 6.45) is 0.861. The molecule has 104 valence electrons. The lowest BCUT2D eigenvalue weighted by atomic mass is 9.99. The van der Waals surface area contributed by atoms with E-state index in [2.05, 4.69) is 0 Å². The Balaban J connectivity index is 1.92. The van der Waals surface area contributed by atoms with Crippen molar-refractivity contribution in [1.82, 2.24) is 0 Å². The lowest BCUT2D eigenvalue weighted by Crippen LogP contribution is -2.12. The predicted molar refractivity (Wildman–Crippen MR) is 74.5 cm³/mol. The quantitative estimate of drug-likeness (QED) is 0.914. The second-order valence-electron chi connectivity index (χ2n) is 4.79. The first-order valence-electron chi connectivity index (χ1n) is 6.64. The first kappa shape index (κ1) is 12.9. The molecular weight excluding hydrogens is 257 g/mol. The largest absolute Gasteiger partial charge is 0.490 e. The fraction of sp³-hybridized carbons (Fsp3) is 0.250. The molecule has 0 radical (unpaired) electrons. The van der Waals surface area contributed by atoms with E-state index in [0.29, 0.717) is 19.0 Å². The number of hydrogen-bond donors (Lipinski definition) is 1. The van der Waals surface area contributed by atoms with Gasteiger partial charge >= 0.3 is 0 Å². The summed E-state index contributed by atoms with van der Waals surface area (Å²) in [7, 11) is 0. The number of benzene rings is 2. The van der Waals surface area contributed by atoms with E-state index >= 15 is 0 Å². The van der Waals surface area contributed by atoms with Crippen LogP contribution in [0, 0.1) is 5.82 Å². The average Bonchev–Trinajstić information content (AvgIpc) is 2.71. The molecule has 20 heavy (non-hydrogen) atoms. The van der Waals surface area contributed by atoms with Crippen LogP contribution < -0.4 is 15.2 Å². The molecule has 1 aliphatic rings. The second kappa shape index (κ2) is 5.51. The van der Waals surface area contributed by atoms with E-state index in [4.69, 9.17) is 15.2 Å². The molecule has 1 aliphatic heterocycles. The highest BCUT2D eigenvalue weighted by Crippen LogP contribution is 2.33. The number of fused-ring (bicyclic) bond motifs is 1. The van der Waals surface area contributed by atoms with Crippen molar-refractivity contribution < 1.29 is 13.9 Å². The highest BCUT2D eigenvalue weighted by molar-refractivity contribution is 5.46. The monoisotopic (exact) mass is 273 g/mol. The van der Waals surface area contributed by atoms with Gasteiger partial charge in [-0.3, -0.25) is 0 Å². The van der Waals surface area contributed by atoms with Gasteiger partial charge < -0.3 is 15.2 Å². The molecule has 0 saturated heterocycles. The standard InChI is InChI=1S/C16H16FNO2/c17-13-4-1-3-11(9-13)16(18)12-5-6-14-15(10-12)20-8-2-7-19-14/h1,3-6,9-10,16H,2,7-8,18H2. The highest BCUT2D eigenvalue weighted by atomic mass is 19.1. The minimum absolute atomic E-state index is 0.285. The summed E-state index contributed by atoms with van der Waals surface area (Å²) in [5.41, 5.74) is 7.80. The van der Waals surface area contributed by atoms with Crippen LogP contribution in [0.4, 0.5) is 4.39 Å². The van der Waals surface area contributed by atoms with E-state index in [1.54, 1.807) is 6.07 Å². The zero-order valence-corrected chi connectivity index (χ0v) is 11.0. The van der Waals surface area contributed by atoms with Gasteiger partial charge in [-0.2, -0.15) is 0 Å². The van der Waals surface area contributed by atoms with Crippen LogP contribution >= 0.6 is 0 Å². The maximum absolute atomic E-state index is 13.3. The summed E-state index contributed by atoms with van der Waals surface area (Å²) >= 11 is 0. The van der Waals surface area contributed by atoms with Crippen molar-refractivity contribution in [3.05, 3.63) is 59.4 Å². The van der Waals surface area contributed by atoms with Crippen LogP contribution in [0.2, 0.25) is 0 Å². The van der Waals surface area contributed by atoms with Crippen LogP contribution in [-0.4, -0.2) is 13.2 Å². The lowest BCUT2D eigenvalue weighted by Gasteiger charge is -2.15. The zero-order valence-electron chi connectivity index (χ0n) is 11.0. The van der Waals surface area contributed by atoms with Crippen LogP contribution in [0.15, 0.2) is 42.5 Å². The van der Waals surface area contributed by atoms with Crippen molar-refractivity contribution in [2.24, 2.45) is 5.73 Å². The van der Waals surface area contributed by atoms with Crippen molar-refractivity contribution in [2.75, 3.05) is 13.2 Å². The first-order chi connectivity index (χ1) is 9.74. The Labute approximate surface area is 117 Å². The van der Waals surface area contributed by atoms with Crippen LogP contribution in [0.5, 0.6) is 11.5 Å². The zero-order chi connectivity index (χ0) is 13.9. The van der Waals surface area contributed by atoms with Gasteiger partial charge in [0, 0.05) is 6.42 Å². The minimum atomic E-state index is -0.386. The SMILES string of the molecule is NC(c1cccc(F)c1)c1ccc2c(c1)OCCCO2. The summed E-state index contributed by atoms with van der Waals surface area (Å²) in [5, 5.41) is 0. The van der Waals surface area contributed by atoms with Crippen LogP contribution in [-0.2, 0) is 0 Å². The molecule has 1 unspecified atom stereocenters. The van der Waals surface area contributed by atoms with Gasteiger partial charge in [0.1, 0.15) is 5.82 Å². The third-order valence-corrected chi connectivity index (χ3v) is 3.34. The Hall–Kier alpha value is -2.07. The van der Waals surface area contributed by atoms with Gasteiger partial charge in [-0.15, -0.1) is 0 Å². The minimum Gasteiger partial charge on any atom is -0.490 e. The van der Waals surface area contributed by atoms with Gasteiger partial charge in [0.2, 0.25) is 0 Å². The van der Waals surface area contributed by atoms with Gasteiger partial charge in [-0.25, -0.2) is 4.39 Å². The molecule has 0 aliphatic carbocycles. The van der Waals surface area contributed by atoms with E-state index in [9.17, 15) is 4.39 Å². The Bertz CT molecular complexity index is 615. The van der Waals surface area contributed by atoms with Crippen LogP contribution in [0.25, 0.3) is 0 Å². The summed E-state index contributed by atoms with van der Waals surface area (Å²) in [6, 6.07) is 11.6. The Morgan fingerprint density at radius 1 is 0.950 bits per heavy atom. The second-order valence-corrected chi connectivity index (χ2v) is 4.79. The molecule has 1 atom stereocenters. The average molecular weight is 273 g/mol. The number of hydrogen-bond acceptors (Lipinski definition) is 3. The first-order valence-corrected chi connectivity index (χ1v) is 6.64. The maximum atomic E-state index is 13.3. The third kappa shape index (κ3) is 2.60. The van der Waals surface area contributed by atoms with Crippen LogP contribution in [0.1, 0.15) is 23.6 Å². The Morgan fingerprint density at radius 2 is 1.70 bits per heavy atom. The van der Waals surface area contributed by atoms with E-state index in [1.807, 2.05) is 24.3 Å². The van der Waals surface area contributed by atoms with Gasteiger partial charge in [-0.1, -0.05) is 18.2 Å². The summed E-state index contributed by atoms with van der Waals surface area (Å²) in [5.74, 6) is 1.15. The summed E-state index contributed by atoms with van der Waals surface area (Å²) < 4.78 is 24.5. The third-order valence-electron chi connectivity index (χ3n) is 3.34. The van der Waals surface area contributed by atoms with Gasteiger partial charge in [-0.05, 0) is 35.4 Å². The summed E-state index contributed by atoms with van der Waals surface area (Å²) in [6.45, 7) is 1.29. The Morgan fingerprint density at radius 3 is 2.50 bits per heavy atom. The predicted octanol–water partition coefficient (Wildman–Crippen LogP) is 3.04. The summed E-state index contributed by atoms with van der Waals surface area (Å²) in [4.78, 5) is 0.